The molecule has 2 aromatic rings. The van der Waals surface area contributed by atoms with Gasteiger partial charge in [0.1, 0.15) is 12.8 Å². The largest absolute Gasteiger partial charge is 0.398 e. The topological polar surface area (TPSA) is 91.7 Å². The number of rotatable bonds is 5. The zero-order valence-corrected chi connectivity index (χ0v) is 11.6. The fourth-order valence-electron chi connectivity index (χ4n) is 1.50. The van der Waals surface area contributed by atoms with Gasteiger partial charge in [0.05, 0.1) is 6.54 Å². The molecule has 1 amide bonds. The maximum Gasteiger partial charge on any atom is 0.297 e. The second kappa shape index (κ2) is 6.67. The number of anilines is 1. The van der Waals surface area contributed by atoms with E-state index >= 15 is 0 Å². The number of carbonyl (C=O) groups excluding carboxylic acids is 1. The van der Waals surface area contributed by atoms with Crippen molar-refractivity contribution in [1.29, 1.82) is 0 Å². The second-order valence-corrected chi connectivity index (χ2v) is 4.69. The monoisotopic (exact) mass is 289 g/mol. The van der Waals surface area contributed by atoms with Crippen LogP contribution in [0.3, 0.4) is 0 Å². The van der Waals surface area contributed by atoms with Crippen LogP contribution >= 0.6 is 11.3 Å². The standard InChI is InChI=1S/C13H13N4O2S/c1-19-17-11(10-8-20-13(14)16-10)12(18)15-7-9-5-3-2-4-6-9/h2-6,8H,7H2,1H3,(H2,14,16). The van der Waals surface area contributed by atoms with Crippen molar-refractivity contribution in [2.45, 2.75) is 6.54 Å². The molecule has 1 radical (unpaired) electrons. The van der Waals surface area contributed by atoms with E-state index in [-0.39, 0.29) is 12.3 Å². The van der Waals surface area contributed by atoms with Crippen molar-refractivity contribution in [2.24, 2.45) is 5.16 Å². The Hall–Kier alpha value is -2.41. The quantitative estimate of drug-likeness (QED) is 0.665. The Kier molecular flexibility index (Phi) is 4.67. The highest BCUT2D eigenvalue weighted by atomic mass is 32.1. The smallest absolute Gasteiger partial charge is 0.297 e. The average Bonchev–Trinajstić information content (AvgIpc) is 2.89. The highest BCUT2D eigenvalue weighted by molar-refractivity contribution is 7.13. The lowest BCUT2D eigenvalue weighted by Gasteiger charge is -2.03. The maximum atomic E-state index is 12.1. The van der Waals surface area contributed by atoms with Gasteiger partial charge in [0.25, 0.3) is 5.91 Å². The number of nitrogens with two attached hydrogens (primary N) is 1. The van der Waals surface area contributed by atoms with E-state index < -0.39 is 5.91 Å². The third-order valence-electron chi connectivity index (χ3n) is 2.40. The van der Waals surface area contributed by atoms with Gasteiger partial charge >= 0.3 is 0 Å². The van der Waals surface area contributed by atoms with Crippen molar-refractivity contribution in [3.63, 3.8) is 0 Å². The van der Waals surface area contributed by atoms with Crippen LogP contribution in [0.15, 0.2) is 40.9 Å². The van der Waals surface area contributed by atoms with Crippen LogP contribution in [0.1, 0.15) is 11.3 Å². The summed E-state index contributed by atoms with van der Waals surface area (Å²) in [6.07, 6.45) is 0. The molecule has 0 unspecified atom stereocenters. The van der Waals surface area contributed by atoms with Gasteiger partial charge in [0, 0.05) is 5.38 Å². The van der Waals surface area contributed by atoms with Crippen molar-refractivity contribution < 1.29 is 9.63 Å². The normalized spacial score (nSPS) is 11.2. The van der Waals surface area contributed by atoms with Gasteiger partial charge < -0.3 is 10.6 Å². The number of benzene rings is 1. The van der Waals surface area contributed by atoms with E-state index in [1.54, 1.807) is 5.38 Å². The van der Waals surface area contributed by atoms with E-state index in [9.17, 15) is 4.79 Å². The molecular formula is C13H13N4O2S. The molecule has 0 aliphatic carbocycles. The van der Waals surface area contributed by atoms with Gasteiger partial charge in [-0.1, -0.05) is 35.5 Å². The third-order valence-corrected chi connectivity index (χ3v) is 3.07. The maximum absolute atomic E-state index is 12.1. The predicted octanol–water partition coefficient (Wildman–Crippen LogP) is 1.41. The fourth-order valence-corrected chi connectivity index (χ4v) is 2.05. The summed E-state index contributed by atoms with van der Waals surface area (Å²) in [4.78, 5) is 20.7. The summed E-state index contributed by atoms with van der Waals surface area (Å²) in [5.41, 5.74) is 6.91. The number of thiazole rings is 1. The Morgan fingerprint density at radius 3 is 2.75 bits per heavy atom. The molecule has 0 saturated heterocycles. The average molecular weight is 289 g/mol. The molecule has 0 aliphatic rings. The molecule has 0 saturated carbocycles. The van der Waals surface area contributed by atoms with Crippen LogP contribution in [-0.4, -0.2) is 23.7 Å². The van der Waals surface area contributed by atoms with E-state index in [0.717, 1.165) is 5.56 Å². The van der Waals surface area contributed by atoms with E-state index in [4.69, 9.17) is 5.73 Å². The summed E-state index contributed by atoms with van der Waals surface area (Å²) < 4.78 is 0. The Morgan fingerprint density at radius 1 is 1.40 bits per heavy atom. The molecule has 1 heterocycles. The molecule has 0 aliphatic heterocycles. The molecule has 0 fully saturated rings. The molecule has 20 heavy (non-hydrogen) atoms. The second-order valence-electron chi connectivity index (χ2n) is 3.80. The van der Waals surface area contributed by atoms with E-state index in [0.29, 0.717) is 10.8 Å². The summed E-state index contributed by atoms with van der Waals surface area (Å²) >= 11 is 1.23. The van der Waals surface area contributed by atoms with Gasteiger partial charge in [-0.15, -0.1) is 11.3 Å². The minimum Gasteiger partial charge on any atom is -0.398 e. The van der Waals surface area contributed by atoms with Crippen molar-refractivity contribution in [2.75, 3.05) is 12.8 Å². The van der Waals surface area contributed by atoms with Gasteiger partial charge in [-0.2, -0.15) is 0 Å². The van der Waals surface area contributed by atoms with Crippen LogP contribution < -0.4 is 11.1 Å². The van der Waals surface area contributed by atoms with Crippen LogP contribution in [0.5, 0.6) is 0 Å². The minimum atomic E-state index is -0.485. The van der Waals surface area contributed by atoms with Crippen LogP contribution in [0.2, 0.25) is 0 Å². The number of nitrogens with zero attached hydrogens (tertiary/aromatic N) is 3. The van der Waals surface area contributed by atoms with Crippen molar-refractivity contribution >= 4 is 28.1 Å². The van der Waals surface area contributed by atoms with Crippen molar-refractivity contribution in [3.8, 4) is 0 Å². The SMILES string of the molecule is CON=C(C(=O)[N]Cc1ccccc1)c1csc(N)n1. The zero-order chi connectivity index (χ0) is 14.4. The van der Waals surface area contributed by atoms with E-state index in [1.165, 1.54) is 18.4 Å². The lowest BCUT2D eigenvalue weighted by atomic mass is 10.2. The lowest BCUT2D eigenvalue weighted by molar-refractivity contribution is -0.115. The number of oxime groups is 1. The van der Waals surface area contributed by atoms with Gasteiger partial charge in [0.15, 0.2) is 10.8 Å². The number of carbonyl (C=O) groups is 1. The first kappa shape index (κ1) is 14.0. The van der Waals surface area contributed by atoms with Crippen LogP contribution in [0.25, 0.3) is 0 Å². The Morgan fingerprint density at radius 2 is 2.15 bits per heavy atom. The van der Waals surface area contributed by atoms with E-state index in [1.807, 2.05) is 30.3 Å². The number of aromatic nitrogens is 1. The van der Waals surface area contributed by atoms with Crippen molar-refractivity contribution in [3.05, 3.63) is 47.0 Å². The Labute approximate surface area is 120 Å². The van der Waals surface area contributed by atoms with Gasteiger partial charge in [-0.25, -0.2) is 10.3 Å². The highest BCUT2D eigenvalue weighted by Crippen LogP contribution is 2.12. The molecule has 0 spiro atoms. The highest BCUT2D eigenvalue weighted by Gasteiger charge is 2.19. The Balaban J connectivity index is 2.07. The summed E-state index contributed by atoms with van der Waals surface area (Å²) in [7, 11) is 1.36. The Bertz CT molecular complexity index is 610. The van der Waals surface area contributed by atoms with Gasteiger partial charge in [-0.05, 0) is 5.56 Å². The zero-order valence-electron chi connectivity index (χ0n) is 10.8. The van der Waals surface area contributed by atoms with E-state index in [2.05, 4.69) is 20.3 Å². The summed E-state index contributed by atoms with van der Waals surface area (Å²) in [5, 5.41) is 9.66. The minimum absolute atomic E-state index is 0.0522. The first-order valence-corrected chi connectivity index (χ1v) is 6.67. The first-order valence-electron chi connectivity index (χ1n) is 5.79. The lowest BCUT2D eigenvalue weighted by Crippen LogP contribution is -2.26. The van der Waals surface area contributed by atoms with Gasteiger partial charge in [0.2, 0.25) is 0 Å². The molecular weight excluding hydrogens is 276 g/mol. The molecule has 7 heteroatoms. The molecule has 0 atom stereocenters. The number of hydrogen-bond acceptors (Lipinski definition) is 6. The molecule has 1 aromatic carbocycles. The number of nitrogen functional groups attached to an aromatic ring is 1. The molecule has 6 nitrogen and oxygen atoms in total. The first-order chi connectivity index (χ1) is 9.70. The summed E-state index contributed by atoms with van der Waals surface area (Å²) in [6.45, 7) is 0.280. The number of amides is 1. The van der Waals surface area contributed by atoms with Crippen LogP contribution in [0.4, 0.5) is 5.13 Å². The molecule has 2 rings (SSSR count). The summed E-state index contributed by atoms with van der Waals surface area (Å²) in [5.74, 6) is -0.485. The molecule has 103 valence electrons. The third kappa shape index (κ3) is 3.55. The fraction of sp³-hybridized carbons (Fsp3) is 0.154. The van der Waals surface area contributed by atoms with Crippen molar-refractivity contribution in [1.82, 2.24) is 10.3 Å². The summed E-state index contributed by atoms with van der Waals surface area (Å²) in [6, 6.07) is 9.47. The molecule has 2 N–H and O–H groups in total. The van der Waals surface area contributed by atoms with Crippen LogP contribution in [0, 0.1) is 0 Å². The van der Waals surface area contributed by atoms with Crippen LogP contribution in [-0.2, 0) is 16.2 Å². The number of hydrogen-bond donors (Lipinski definition) is 1. The molecule has 1 aromatic heterocycles. The van der Waals surface area contributed by atoms with Gasteiger partial charge in [-0.3, -0.25) is 4.79 Å². The molecule has 0 bridgehead atoms. The predicted molar refractivity (Wildman–Crippen MR) is 77.4 cm³/mol.